The maximum absolute atomic E-state index is 12.3. The largest absolute Gasteiger partial charge is 0.360 e. The number of aromatic nitrogens is 1. The van der Waals surface area contributed by atoms with E-state index >= 15 is 0 Å². The van der Waals surface area contributed by atoms with Crippen LogP contribution in [-0.4, -0.2) is 24.7 Å². The second kappa shape index (κ2) is 8.49. The second-order valence-electron chi connectivity index (χ2n) is 6.02. The highest BCUT2D eigenvalue weighted by Gasteiger charge is 2.17. The van der Waals surface area contributed by atoms with Crippen molar-refractivity contribution in [2.24, 2.45) is 0 Å². The molecular formula is C19H19N3O4S2. The van der Waals surface area contributed by atoms with Crippen molar-refractivity contribution in [2.45, 2.75) is 28.9 Å². The van der Waals surface area contributed by atoms with Crippen LogP contribution in [0.4, 0.5) is 11.5 Å². The third-order valence-electron chi connectivity index (χ3n) is 3.72. The molecule has 1 amide bonds. The van der Waals surface area contributed by atoms with Gasteiger partial charge in [0.2, 0.25) is 5.91 Å². The van der Waals surface area contributed by atoms with Crippen molar-refractivity contribution in [2.75, 3.05) is 10.0 Å². The fourth-order valence-electron chi connectivity index (χ4n) is 2.33. The molecular weight excluding hydrogens is 398 g/mol. The highest BCUT2D eigenvalue weighted by atomic mass is 32.2. The average Bonchev–Trinajstić information content (AvgIpc) is 3.08. The van der Waals surface area contributed by atoms with Gasteiger partial charge >= 0.3 is 0 Å². The van der Waals surface area contributed by atoms with E-state index in [2.05, 4.69) is 15.2 Å². The van der Waals surface area contributed by atoms with Crippen LogP contribution in [0.2, 0.25) is 0 Å². The van der Waals surface area contributed by atoms with E-state index in [4.69, 9.17) is 4.52 Å². The monoisotopic (exact) mass is 417 g/mol. The minimum atomic E-state index is -3.63. The summed E-state index contributed by atoms with van der Waals surface area (Å²) in [5, 5.41) is 6.05. The Bertz CT molecular complexity index is 1050. The van der Waals surface area contributed by atoms with Crippen LogP contribution >= 0.6 is 11.8 Å². The van der Waals surface area contributed by atoms with Crippen LogP contribution in [-0.2, 0) is 14.8 Å². The maximum Gasteiger partial charge on any atom is 0.261 e. The Kier molecular flexibility index (Phi) is 6.05. The van der Waals surface area contributed by atoms with Gasteiger partial charge in [0, 0.05) is 16.6 Å². The summed E-state index contributed by atoms with van der Waals surface area (Å²) < 4.78 is 32.2. The van der Waals surface area contributed by atoms with Crippen LogP contribution in [0.1, 0.15) is 12.7 Å². The average molecular weight is 418 g/mol. The molecule has 0 radical (unpaired) electrons. The third kappa shape index (κ3) is 5.14. The summed E-state index contributed by atoms with van der Waals surface area (Å²) in [6.45, 7) is 3.52. The number of anilines is 2. The van der Waals surface area contributed by atoms with Crippen molar-refractivity contribution < 1.29 is 17.7 Å². The first-order valence-corrected chi connectivity index (χ1v) is 10.8. The zero-order valence-corrected chi connectivity index (χ0v) is 16.9. The van der Waals surface area contributed by atoms with Crippen molar-refractivity contribution >= 4 is 39.2 Å². The van der Waals surface area contributed by atoms with Gasteiger partial charge in [-0.3, -0.25) is 9.52 Å². The molecule has 1 unspecified atom stereocenters. The van der Waals surface area contributed by atoms with E-state index in [0.717, 1.165) is 4.90 Å². The molecule has 2 N–H and O–H groups in total. The lowest BCUT2D eigenvalue weighted by molar-refractivity contribution is -0.115. The summed E-state index contributed by atoms with van der Waals surface area (Å²) in [6, 6.07) is 16.6. The number of thioether (sulfide) groups is 1. The van der Waals surface area contributed by atoms with E-state index in [-0.39, 0.29) is 16.1 Å². The first kappa shape index (κ1) is 20.0. The Hall–Kier alpha value is -2.78. The molecule has 0 aliphatic rings. The lowest BCUT2D eigenvalue weighted by Gasteiger charge is -2.12. The highest BCUT2D eigenvalue weighted by Crippen LogP contribution is 2.26. The van der Waals surface area contributed by atoms with Gasteiger partial charge in [-0.1, -0.05) is 23.4 Å². The number of benzene rings is 2. The number of hydrogen-bond donors (Lipinski definition) is 2. The Morgan fingerprint density at radius 2 is 1.79 bits per heavy atom. The van der Waals surface area contributed by atoms with E-state index in [1.165, 1.54) is 23.9 Å². The lowest BCUT2D eigenvalue weighted by atomic mass is 10.3. The van der Waals surface area contributed by atoms with Crippen molar-refractivity contribution in [1.29, 1.82) is 0 Å². The molecule has 3 rings (SSSR count). The number of carbonyl (C=O) groups excluding carboxylic acids is 1. The summed E-state index contributed by atoms with van der Waals surface area (Å²) in [7, 11) is -3.63. The van der Waals surface area contributed by atoms with Gasteiger partial charge in [0.15, 0.2) is 5.82 Å². The van der Waals surface area contributed by atoms with Crippen LogP contribution in [0.15, 0.2) is 75.0 Å². The van der Waals surface area contributed by atoms with E-state index in [0.29, 0.717) is 17.3 Å². The smallest absolute Gasteiger partial charge is 0.261 e. The van der Waals surface area contributed by atoms with Gasteiger partial charge in [-0.2, -0.15) is 0 Å². The maximum atomic E-state index is 12.3. The minimum Gasteiger partial charge on any atom is -0.360 e. The summed E-state index contributed by atoms with van der Waals surface area (Å²) >= 11 is 1.35. The standard InChI is InChI=1S/C19H19N3O4S2/c1-13-12-18(21-26-13)20-19(23)14(2)27-16-10-8-15(9-11-16)22-28(24,25)17-6-4-3-5-7-17/h3-12,14,22H,1-2H3,(H,20,21,23). The molecule has 2 aromatic carbocycles. The fourth-order valence-corrected chi connectivity index (χ4v) is 4.27. The third-order valence-corrected chi connectivity index (χ3v) is 6.23. The van der Waals surface area contributed by atoms with Gasteiger partial charge in [0.1, 0.15) is 5.76 Å². The molecule has 9 heteroatoms. The zero-order valence-electron chi connectivity index (χ0n) is 15.2. The topological polar surface area (TPSA) is 101 Å². The molecule has 7 nitrogen and oxygen atoms in total. The Labute approximate surface area is 167 Å². The van der Waals surface area contributed by atoms with Crippen LogP contribution in [0, 0.1) is 6.92 Å². The Morgan fingerprint density at radius 3 is 2.39 bits per heavy atom. The van der Waals surface area contributed by atoms with Crippen LogP contribution in [0.3, 0.4) is 0 Å². The van der Waals surface area contributed by atoms with Gasteiger partial charge in [-0.05, 0) is 50.2 Å². The predicted octanol–water partition coefficient (Wildman–Crippen LogP) is 3.90. The Morgan fingerprint density at radius 1 is 1.11 bits per heavy atom. The molecule has 28 heavy (non-hydrogen) atoms. The number of aryl methyl sites for hydroxylation is 1. The molecule has 146 valence electrons. The van der Waals surface area contributed by atoms with E-state index in [1.807, 2.05) is 0 Å². The number of sulfonamides is 1. The SMILES string of the molecule is Cc1cc(NC(=O)C(C)Sc2ccc(NS(=O)(=O)c3ccccc3)cc2)no1. The summed E-state index contributed by atoms with van der Waals surface area (Å²) in [4.78, 5) is 13.3. The first-order chi connectivity index (χ1) is 13.3. The quantitative estimate of drug-likeness (QED) is 0.565. The van der Waals surface area contributed by atoms with Crippen molar-refractivity contribution in [3.63, 3.8) is 0 Å². The number of hydrogen-bond acceptors (Lipinski definition) is 6. The normalized spacial score (nSPS) is 12.4. The summed E-state index contributed by atoms with van der Waals surface area (Å²) in [5.74, 6) is 0.789. The second-order valence-corrected chi connectivity index (χ2v) is 9.11. The molecule has 0 aliphatic heterocycles. The summed E-state index contributed by atoms with van der Waals surface area (Å²) in [5.41, 5.74) is 0.448. The van der Waals surface area contributed by atoms with Crippen LogP contribution < -0.4 is 10.0 Å². The highest BCUT2D eigenvalue weighted by molar-refractivity contribution is 8.00. The lowest BCUT2D eigenvalue weighted by Crippen LogP contribution is -2.22. The van der Waals surface area contributed by atoms with Crippen molar-refractivity contribution in [3.05, 3.63) is 66.4 Å². The van der Waals surface area contributed by atoms with E-state index in [1.54, 1.807) is 62.4 Å². The molecule has 1 heterocycles. The van der Waals surface area contributed by atoms with Gasteiger partial charge < -0.3 is 9.84 Å². The molecule has 0 saturated heterocycles. The molecule has 0 aliphatic carbocycles. The molecule has 0 saturated carbocycles. The molecule has 1 aromatic heterocycles. The molecule has 0 spiro atoms. The molecule has 1 atom stereocenters. The molecule has 3 aromatic rings. The number of nitrogens with one attached hydrogen (secondary N) is 2. The number of amides is 1. The fraction of sp³-hybridized carbons (Fsp3) is 0.158. The minimum absolute atomic E-state index is 0.196. The van der Waals surface area contributed by atoms with Gasteiger partial charge in [0.05, 0.1) is 10.1 Å². The van der Waals surface area contributed by atoms with Gasteiger partial charge in [-0.15, -0.1) is 11.8 Å². The van der Waals surface area contributed by atoms with E-state index < -0.39 is 10.0 Å². The summed E-state index contributed by atoms with van der Waals surface area (Å²) in [6.07, 6.45) is 0. The van der Waals surface area contributed by atoms with Crippen molar-refractivity contribution in [3.8, 4) is 0 Å². The van der Waals surface area contributed by atoms with Crippen molar-refractivity contribution in [1.82, 2.24) is 5.16 Å². The number of carbonyl (C=O) groups is 1. The predicted molar refractivity (Wildman–Crippen MR) is 109 cm³/mol. The molecule has 0 bridgehead atoms. The van der Waals surface area contributed by atoms with Crippen LogP contribution in [0.5, 0.6) is 0 Å². The zero-order chi connectivity index (χ0) is 20.1. The first-order valence-electron chi connectivity index (χ1n) is 8.42. The van der Waals surface area contributed by atoms with E-state index in [9.17, 15) is 13.2 Å². The van der Waals surface area contributed by atoms with Gasteiger partial charge in [-0.25, -0.2) is 8.42 Å². The number of rotatable bonds is 7. The molecule has 0 fully saturated rings. The Balaban J connectivity index is 1.60. The van der Waals surface area contributed by atoms with Crippen LogP contribution in [0.25, 0.3) is 0 Å². The van der Waals surface area contributed by atoms with Gasteiger partial charge in [0.25, 0.3) is 10.0 Å². The number of nitrogens with zero attached hydrogens (tertiary/aromatic N) is 1.